The molecule has 2 atom stereocenters. The second kappa shape index (κ2) is 6.39. The van der Waals surface area contributed by atoms with Gasteiger partial charge in [-0.3, -0.25) is 4.79 Å². The van der Waals surface area contributed by atoms with Gasteiger partial charge in [0.1, 0.15) is 0 Å². The molecule has 0 bridgehead atoms. The standard InChI is InChI=1S/C14H28N2O/c1-4-10-16(11-5-2)13(17)12-8-6-7-9-14(12,3)15/h12H,4-11,15H2,1-3H3. The van der Waals surface area contributed by atoms with Crippen LogP contribution < -0.4 is 5.73 Å². The molecule has 3 nitrogen and oxygen atoms in total. The molecule has 1 aliphatic carbocycles. The van der Waals surface area contributed by atoms with Crippen LogP contribution in [-0.2, 0) is 4.79 Å². The lowest BCUT2D eigenvalue weighted by atomic mass is 9.74. The van der Waals surface area contributed by atoms with Crippen molar-refractivity contribution in [1.29, 1.82) is 0 Å². The van der Waals surface area contributed by atoms with Gasteiger partial charge in [0.05, 0.1) is 5.92 Å². The van der Waals surface area contributed by atoms with Crippen molar-refractivity contribution in [3.05, 3.63) is 0 Å². The highest BCUT2D eigenvalue weighted by atomic mass is 16.2. The fourth-order valence-electron chi connectivity index (χ4n) is 2.86. The second-order valence-electron chi connectivity index (χ2n) is 5.63. The van der Waals surface area contributed by atoms with Crippen LogP contribution in [0.4, 0.5) is 0 Å². The van der Waals surface area contributed by atoms with Crippen molar-refractivity contribution in [2.45, 2.75) is 64.8 Å². The SMILES string of the molecule is CCCN(CCC)C(=O)C1CCCCC1(C)N. The topological polar surface area (TPSA) is 46.3 Å². The Hall–Kier alpha value is -0.570. The summed E-state index contributed by atoms with van der Waals surface area (Å²) in [4.78, 5) is 14.6. The zero-order chi connectivity index (χ0) is 12.9. The fraction of sp³-hybridized carbons (Fsp3) is 0.929. The molecule has 1 saturated carbocycles. The Morgan fingerprint density at radius 1 is 1.29 bits per heavy atom. The molecule has 0 heterocycles. The highest BCUT2D eigenvalue weighted by molar-refractivity contribution is 5.80. The van der Waals surface area contributed by atoms with Crippen LogP contribution in [0.5, 0.6) is 0 Å². The maximum atomic E-state index is 12.5. The van der Waals surface area contributed by atoms with Crippen LogP contribution in [0.1, 0.15) is 59.3 Å². The van der Waals surface area contributed by atoms with E-state index in [-0.39, 0.29) is 11.5 Å². The smallest absolute Gasteiger partial charge is 0.227 e. The van der Waals surface area contributed by atoms with Gasteiger partial charge >= 0.3 is 0 Å². The van der Waals surface area contributed by atoms with E-state index in [0.717, 1.165) is 45.2 Å². The predicted octanol–water partition coefficient (Wildman–Crippen LogP) is 2.54. The molecule has 1 aliphatic rings. The van der Waals surface area contributed by atoms with Crippen LogP contribution in [0.15, 0.2) is 0 Å². The molecule has 1 fully saturated rings. The third-order valence-electron chi connectivity index (χ3n) is 3.85. The van der Waals surface area contributed by atoms with E-state index in [9.17, 15) is 4.79 Å². The van der Waals surface area contributed by atoms with E-state index in [1.165, 1.54) is 6.42 Å². The molecule has 0 aromatic heterocycles. The average Bonchev–Trinajstić information content (AvgIpc) is 2.27. The molecule has 0 spiro atoms. The van der Waals surface area contributed by atoms with Crippen LogP contribution in [0.2, 0.25) is 0 Å². The van der Waals surface area contributed by atoms with E-state index < -0.39 is 0 Å². The minimum absolute atomic E-state index is 0.0364. The summed E-state index contributed by atoms with van der Waals surface area (Å²) >= 11 is 0. The van der Waals surface area contributed by atoms with Gasteiger partial charge in [0.25, 0.3) is 0 Å². The summed E-state index contributed by atoms with van der Waals surface area (Å²) in [5, 5.41) is 0. The van der Waals surface area contributed by atoms with E-state index in [1.54, 1.807) is 0 Å². The first kappa shape index (κ1) is 14.5. The number of amides is 1. The molecule has 3 heteroatoms. The zero-order valence-electron chi connectivity index (χ0n) is 11.7. The van der Waals surface area contributed by atoms with Gasteiger partial charge in [0, 0.05) is 18.6 Å². The van der Waals surface area contributed by atoms with E-state index in [0.29, 0.717) is 5.91 Å². The summed E-state index contributed by atoms with van der Waals surface area (Å²) < 4.78 is 0. The van der Waals surface area contributed by atoms with Crippen LogP contribution in [-0.4, -0.2) is 29.4 Å². The van der Waals surface area contributed by atoms with Crippen molar-refractivity contribution >= 4 is 5.91 Å². The molecule has 100 valence electrons. The lowest BCUT2D eigenvalue weighted by Gasteiger charge is -2.40. The lowest BCUT2D eigenvalue weighted by Crippen LogP contribution is -2.54. The number of hydrogen-bond acceptors (Lipinski definition) is 2. The summed E-state index contributed by atoms with van der Waals surface area (Å²) in [5.74, 6) is 0.327. The van der Waals surface area contributed by atoms with Crippen LogP contribution in [0.3, 0.4) is 0 Å². The fourth-order valence-corrected chi connectivity index (χ4v) is 2.86. The zero-order valence-corrected chi connectivity index (χ0v) is 11.7. The highest BCUT2D eigenvalue weighted by Crippen LogP contribution is 2.33. The number of hydrogen-bond donors (Lipinski definition) is 1. The molecule has 1 rings (SSSR count). The molecule has 0 aromatic rings. The van der Waals surface area contributed by atoms with Crippen LogP contribution in [0.25, 0.3) is 0 Å². The Kier molecular flexibility index (Phi) is 5.44. The molecule has 0 radical (unpaired) electrons. The monoisotopic (exact) mass is 240 g/mol. The van der Waals surface area contributed by atoms with E-state index in [2.05, 4.69) is 13.8 Å². The van der Waals surface area contributed by atoms with E-state index in [1.807, 2.05) is 11.8 Å². The van der Waals surface area contributed by atoms with Crippen molar-refractivity contribution < 1.29 is 4.79 Å². The van der Waals surface area contributed by atoms with Gasteiger partial charge in [-0.2, -0.15) is 0 Å². The van der Waals surface area contributed by atoms with Gasteiger partial charge in [0.2, 0.25) is 5.91 Å². The third kappa shape index (κ3) is 3.70. The van der Waals surface area contributed by atoms with Gasteiger partial charge in [-0.05, 0) is 32.6 Å². The van der Waals surface area contributed by atoms with Crippen molar-refractivity contribution in [1.82, 2.24) is 4.90 Å². The first-order valence-corrected chi connectivity index (χ1v) is 7.10. The molecule has 0 saturated heterocycles. The first-order chi connectivity index (χ1) is 8.03. The summed E-state index contributed by atoms with van der Waals surface area (Å²) in [5.41, 5.74) is 6.01. The van der Waals surface area contributed by atoms with Crippen LogP contribution >= 0.6 is 0 Å². The molecule has 2 unspecified atom stereocenters. The Morgan fingerprint density at radius 3 is 2.35 bits per heavy atom. The molecule has 1 amide bonds. The number of carbonyl (C=O) groups excluding carboxylic acids is 1. The molecular weight excluding hydrogens is 212 g/mol. The first-order valence-electron chi connectivity index (χ1n) is 7.10. The predicted molar refractivity (Wildman–Crippen MR) is 71.7 cm³/mol. The average molecular weight is 240 g/mol. The van der Waals surface area contributed by atoms with Crippen LogP contribution in [0, 0.1) is 5.92 Å². The normalized spacial score (nSPS) is 29.1. The second-order valence-corrected chi connectivity index (χ2v) is 5.63. The molecular formula is C14H28N2O. The summed E-state index contributed by atoms with van der Waals surface area (Å²) in [7, 11) is 0. The Morgan fingerprint density at radius 2 is 1.88 bits per heavy atom. The highest BCUT2D eigenvalue weighted by Gasteiger charge is 2.39. The largest absolute Gasteiger partial charge is 0.342 e. The van der Waals surface area contributed by atoms with Gasteiger partial charge in [0.15, 0.2) is 0 Å². The van der Waals surface area contributed by atoms with E-state index >= 15 is 0 Å². The van der Waals surface area contributed by atoms with Gasteiger partial charge in [-0.15, -0.1) is 0 Å². The number of nitrogens with two attached hydrogens (primary N) is 1. The Bertz CT molecular complexity index is 245. The summed E-state index contributed by atoms with van der Waals surface area (Å²) in [6.07, 6.45) is 6.32. The summed E-state index contributed by atoms with van der Waals surface area (Å²) in [6.45, 7) is 8.04. The Labute approximate surface area is 106 Å². The minimum atomic E-state index is -0.297. The molecule has 17 heavy (non-hydrogen) atoms. The number of carbonyl (C=O) groups is 1. The lowest BCUT2D eigenvalue weighted by molar-refractivity contribution is -0.139. The van der Waals surface area contributed by atoms with Gasteiger partial charge < -0.3 is 10.6 Å². The summed E-state index contributed by atoms with van der Waals surface area (Å²) in [6, 6.07) is 0. The quantitative estimate of drug-likeness (QED) is 0.802. The third-order valence-corrected chi connectivity index (χ3v) is 3.85. The van der Waals surface area contributed by atoms with Gasteiger partial charge in [-0.25, -0.2) is 0 Å². The Balaban J connectivity index is 2.70. The van der Waals surface area contributed by atoms with Crippen molar-refractivity contribution in [2.75, 3.05) is 13.1 Å². The maximum Gasteiger partial charge on any atom is 0.227 e. The number of nitrogens with zero attached hydrogens (tertiary/aromatic N) is 1. The van der Waals surface area contributed by atoms with E-state index in [4.69, 9.17) is 5.73 Å². The maximum absolute atomic E-state index is 12.5. The van der Waals surface area contributed by atoms with Crippen molar-refractivity contribution in [3.63, 3.8) is 0 Å². The van der Waals surface area contributed by atoms with Crippen molar-refractivity contribution in [3.8, 4) is 0 Å². The molecule has 2 N–H and O–H groups in total. The number of rotatable bonds is 5. The van der Waals surface area contributed by atoms with Gasteiger partial charge in [-0.1, -0.05) is 26.7 Å². The molecule has 0 aliphatic heterocycles. The van der Waals surface area contributed by atoms with Crippen molar-refractivity contribution in [2.24, 2.45) is 11.7 Å². The molecule has 0 aromatic carbocycles. The minimum Gasteiger partial charge on any atom is -0.342 e.